The molecule has 3 rings (SSSR count). The highest BCUT2D eigenvalue weighted by Gasteiger charge is 2.18. The number of aliphatic imine (C=N–C) groups is 1. The van der Waals surface area contributed by atoms with E-state index in [4.69, 9.17) is 15.2 Å². The Morgan fingerprint density at radius 2 is 2.21 bits per heavy atom. The van der Waals surface area contributed by atoms with Gasteiger partial charge in [-0.15, -0.1) is 0 Å². The van der Waals surface area contributed by atoms with Crippen molar-refractivity contribution >= 4 is 24.2 Å². The summed E-state index contributed by atoms with van der Waals surface area (Å²) in [4.78, 5) is 21.6. The fourth-order valence-electron chi connectivity index (χ4n) is 3.89. The van der Waals surface area contributed by atoms with Gasteiger partial charge in [0.05, 0.1) is 24.8 Å². The summed E-state index contributed by atoms with van der Waals surface area (Å²) in [5.74, 6) is 0.335. The molecule has 8 nitrogen and oxygen atoms in total. The van der Waals surface area contributed by atoms with Crippen LogP contribution in [-0.2, 0) is 16.0 Å². The lowest BCUT2D eigenvalue weighted by atomic mass is 10.1. The number of amides is 1. The van der Waals surface area contributed by atoms with Gasteiger partial charge >= 0.3 is 0 Å². The number of aromatic amines is 1. The zero-order chi connectivity index (χ0) is 24.5. The number of carbonyl (C=O) groups excluding carboxylic acids is 1. The van der Waals surface area contributed by atoms with Gasteiger partial charge in [-0.05, 0) is 69.3 Å². The van der Waals surface area contributed by atoms with Crippen LogP contribution < -0.4 is 15.8 Å². The third-order valence-corrected chi connectivity index (χ3v) is 5.79. The molecule has 9 heteroatoms. The van der Waals surface area contributed by atoms with Crippen LogP contribution in [0.4, 0.5) is 10.2 Å². The Bertz CT molecular complexity index is 1010. The maximum Gasteiger partial charge on any atom is 0.237 e. The van der Waals surface area contributed by atoms with E-state index in [-0.39, 0.29) is 18.1 Å². The van der Waals surface area contributed by atoms with Gasteiger partial charge in [0.25, 0.3) is 0 Å². The Morgan fingerprint density at radius 3 is 2.88 bits per heavy atom. The zero-order valence-corrected chi connectivity index (χ0v) is 19.9. The highest BCUT2D eigenvalue weighted by Crippen LogP contribution is 2.32. The van der Waals surface area contributed by atoms with Crippen LogP contribution in [0.25, 0.3) is 5.76 Å². The number of aromatic nitrogens is 1. The van der Waals surface area contributed by atoms with Gasteiger partial charge in [-0.3, -0.25) is 9.69 Å². The number of hydrogen-bond acceptors (Lipinski definition) is 6. The number of H-pyrrole nitrogens is 1. The van der Waals surface area contributed by atoms with Crippen LogP contribution in [0.1, 0.15) is 30.0 Å². The molecule has 1 fully saturated rings. The van der Waals surface area contributed by atoms with E-state index in [0.29, 0.717) is 23.7 Å². The zero-order valence-electron chi connectivity index (χ0n) is 19.9. The van der Waals surface area contributed by atoms with E-state index in [2.05, 4.69) is 26.9 Å². The number of rotatable bonds is 11. The third kappa shape index (κ3) is 6.75. The number of nitrogens with zero attached hydrogens (tertiary/aromatic N) is 2. The van der Waals surface area contributed by atoms with Crippen LogP contribution in [0, 0.1) is 12.7 Å². The number of aryl methyl sites for hydroxylation is 1. The number of benzene rings is 1. The summed E-state index contributed by atoms with van der Waals surface area (Å²) in [5.41, 5.74) is 8.32. The molecular formula is C25H34FN5O3. The van der Waals surface area contributed by atoms with Gasteiger partial charge in [-0.25, -0.2) is 9.38 Å². The summed E-state index contributed by atoms with van der Waals surface area (Å²) in [6.45, 7) is 12.1. The van der Waals surface area contributed by atoms with Gasteiger partial charge in [-0.2, -0.15) is 0 Å². The average Bonchev–Trinajstić information content (AvgIpc) is 3.22. The molecule has 0 saturated carbocycles. The Labute approximate surface area is 200 Å². The summed E-state index contributed by atoms with van der Waals surface area (Å²) in [6, 6.07) is 3.85. The number of halogens is 1. The van der Waals surface area contributed by atoms with Gasteiger partial charge in [0, 0.05) is 25.8 Å². The molecule has 0 spiro atoms. The molecule has 1 aliphatic heterocycles. The van der Waals surface area contributed by atoms with E-state index in [1.807, 2.05) is 6.92 Å². The Morgan fingerprint density at radius 1 is 1.44 bits per heavy atom. The first-order chi connectivity index (χ1) is 16.4. The van der Waals surface area contributed by atoms with E-state index < -0.39 is 11.9 Å². The Hall–Kier alpha value is -3.01. The first kappa shape index (κ1) is 25.6. The quantitative estimate of drug-likeness (QED) is 0.266. The SMILES string of the molecule is C=Nc1[nH]cc(C)c1/C(=C\C)Oc1ccc(CC(N)C(=O)NCCCN2CCOCC2)cc1F. The van der Waals surface area contributed by atoms with Gasteiger partial charge in [0.1, 0.15) is 11.6 Å². The molecule has 1 aromatic heterocycles. The standard InChI is InChI=1S/C25H34FN5O3/c1-4-21(23-17(2)16-30-24(23)28-3)34-22-7-6-18(14-19(22)26)15-20(27)25(32)29-8-5-9-31-10-12-33-13-11-31/h4,6-7,14,16,20,30H,3,5,8-13,15,27H2,1-2H3,(H,29,32)/b21-4+. The highest BCUT2D eigenvalue weighted by atomic mass is 19.1. The van der Waals surface area contributed by atoms with Gasteiger partial charge in [-0.1, -0.05) is 6.07 Å². The lowest BCUT2D eigenvalue weighted by Gasteiger charge is -2.26. The number of ether oxygens (including phenoxy) is 2. The van der Waals surface area contributed by atoms with Crippen LogP contribution >= 0.6 is 0 Å². The Balaban J connectivity index is 1.52. The van der Waals surface area contributed by atoms with Crippen LogP contribution in [0.15, 0.2) is 35.5 Å². The predicted molar refractivity (Wildman–Crippen MR) is 132 cm³/mol. The summed E-state index contributed by atoms with van der Waals surface area (Å²) in [7, 11) is 0. The van der Waals surface area contributed by atoms with Gasteiger partial charge in [0.2, 0.25) is 5.91 Å². The highest BCUT2D eigenvalue weighted by molar-refractivity contribution is 5.81. The molecular weight excluding hydrogens is 437 g/mol. The molecule has 1 amide bonds. The first-order valence-corrected chi connectivity index (χ1v) is 11.5. The van der Waals surface area contributed by atoms with Crippen molar-refractivity contribution in [2.45, 2.75) is 32.7 Å². The van der Waals surface area contributed by atoms with Gasteiger partial charge in [0.15, 0.2) is 11.6 Å². The molecule has 2 aromatic rings. The molecule has 34 heavy (non-hydrogen) atoms. The number of allylic oxidation sites excluding steroid dienone is 1. The number of nitrogens with one attached hydrogen (secondary N) is 2. The van der Waals surface area contributed by atoms with Crippen molar-refractivity contribution in [2.24, 2.45) is 10.7 Å². The van der Waals surface area contributed by atoms with E-state index in [1.165, 1.54) is 6.07 Å². The number of morpholine rings is 1. The summed E-state index contributed by atoms with van der Waals surface area (Å²) < 4.78 is 26.0. The second-order valence-corrected chi connectivity index (χ2v) is 8.28. The topological polar surface area (TPSA) is 105 Å². The molecule has 1 unspecified atom stereocenters. The van der Waals surface area contributed by atoms with E-state index in [0.717, 1.165) is 50.4 Å². The van der Waals surface area contributed by atoms with Crippen LogP contribution in [0.2, 0.25) is 0 Å². The molecule has 2 heterocycles. The maximum absolute atomic E-state index is 14.8. The predicted octanol–water partition coefficient (Wildman–Crippen LogP) is 2.94. The smallest absolute Gasteiger partial charge is 0.237 e. The minimum Gasteiger partial charge on any atom is -0.454 e. The second kappa shape index (κ2) is 12.5. The monoisotopic (exact) mass is 471 g/mol. The first-order valence-electron chi connectivity index (χ1n) is 11.5. The normalized spacial score (nSPS) is 15.7. The molecule has 4 N–H and O–H groups in total. The molecule has 1 atom stereocenters. The van der Waals surface area contributed by atoms with Crippen molar-refractivity contribution in [1.82, 2.24) is 15.2 Å². The molecule has 0 bridgehead atoms. The van der Waals surface area contributed by atoms with Crippen molar-refractivity contribution in [3.05, 3.63) is 53.0 Å². The van der Waals surface area contributed by atoms with Crippen LogP contribution in [0.5, 0.6) is 5.75 Å². The fourth-order valence-corrected chi connectivity index (χ4v) is 3.89. The summed E-state index contributed by atoms with van der Waals surface area (Å²) in [6.07, 6.45) is 4.61. The van der Waals surface area contributed by atoms with Gasteiger partial charge < -0.3 is 25.5 Å². The van der Waals surface area contributed by atoms with E-state index in [1.54, 1.807) is 31.3 Å². The number of hydrogen-bond donors (Lipinski definition) is 3. The van der Waals surface area contributed by atoms with Crippen molar-refractivity contribution in [3.8, 4) is 5.75 Å². The summed E-state index contributed by atoms with van der Waals surface area (Å²) in [5, 5.41) is 2.87. The largest absolute Gasteiger partial charge is 0.454 e. The second-order valence-electron chi connectivity index (χ2n) is 8.28. The van der Waals surface area contributed by atoms with E-state index in [9.17, 15) is 9.18 Å². The van der Waals surface area contributed by atoms with Crippen LogP contribution in [0.3, 0.4) is 0 Å². The molecule has 184 valence electrons. The minimum atomic E-state index is -0.760. The fraction of sp³-hybridized carbons (Fsp3) is 0.440. The molecule has 1 aliphatic rings. The summed E-state index contributed by atoms with van der Waals surface area (Å²) >= 11 is 0. The molecule has 0 radical (unpaired) electrons. The lowest BCUT2D eigenvalue weighted by molar-refractivity contribution is -0.122. The average molecular weight is 472 g/mol. The molecule has 1 saturated heterocycles. The van der Waals surface area contributed by atoms with E-state index >= 15 is 0 Å². The van der Waals surface area contributed by atoms with Crippen LogP contribution in [-0.4, -0.2) is 67.9 Å². The minimum absolute atomic E-state index is 0.0774. The number of carbonyl (C=O) groups is 1. The lowest BCUT2D eigenvalue weighted by Crippen LogP contribution is -2.43. The molecule has 1 aromatic carbocycles. The van der Waals surface area contributed by atoms with Crippen molar-refractivity contribution in [2.75, 3.05) is 39.4 Å². The Kier molecular flexibility index (Phi) is 9.38. The molecule has 0 aliphatic carbocycles. The number of nitrogens with two attached hydrogens (primary N) is 1. The van der Waals surface area contributed by atoms with Crippen molar-refractivity contribution < 1.29 is 18.7 Å². The third-order valence-electron chi connectivity index (χ3n) is 5.79. The van der Waals surface area contributed by atoms with Crippen molar-refractivity contribution in [3.63, 3.8) is 0 Å². The maximum atomic E-state index is 14.8. The van der Waals surface area contributed by atoms with Crippen molar-refractivity contribution in [1.29, 1.82) is 0 Å².